The van der Waals surface area contributed by atoms with E-state index in [-0.39, 0.29) is 12.0 Å². The van der Waals surface area contributed by atoms with Gasteiger partial charge < -0.3 is 19.4 Å². The fraction of sp³-hybridized carbons (Fsp3) is 0.238. The predicted octanol–water partition coefficient (Wildman–Crippen LogP) is 2.81. The number of amides is 1. The van der Waals surface area contributed by atoms with Crippen molar-refractivity contribution >= 4 is 5.91 Å². The smallest absolute Gasteiger partial charge is 0.251 e. The minimum absolute atomic E-state index is 0.122. The Kier molecular flexibility index (Phi) is 4.78. The van der Waals surface area contributed by atoms with Crippen molar-refractivity contribution < 1.29 is 14.3 Å². The zero-order valence-electron chi connectivity index (χ0n) is 15.1. The van der Waals surface area contributed by atoms with Gasteiger partial charge in [0.1, 0.15) is 18.5 Å². The van der Waals surface area contributed by atoms with E-state index in [9.17, 15) is 4.79 Å². The van der Waals surface area contributed by atoms with Crippen LogP contribution in [0.5, 0.6) is 11.5 Å². The van der Waals surface area contributed by atoms with Gasteiger partial charge in [-0.2, -0.15) is 0 Å². The summed E-state index contributed by atoms with van der Waals surface area (Å²) >= 11 is 0. The molecule has 0 bridgehead atoms. The highest BCUT2D eigenvalue weighted by Crippen LogP contribution is 2.30. The van der Waals surface area contributed by atoms with Crippen LogP contribution in [0.3, 0.4) is 0 Å². The molecule has 138 valence electrons. The summed E-state index contributed by atoms with van der Waals surface area (Å²) in [7, 11) is 0. The number of fused-ring (bicyclic) bond motifs is 1. The number of hydrogen-bond acceptors (Lipinski definition) is 4. The second-order valence-corrected chi connectivity index (χ2v) is 6.51. The first-order chi connectivity index (χ1) is 13.2. The average molecular weight is 363 g/mol. The Morgan fingerprint density at radius 2 is 1.96 bits per heavy atom. The monoisotopic (exact) mass is 363 g/mol. The first-order valence-electron chi connectivity index (χ1n) is 8.92. The number of aromatic nitrogens is 2. The number of carbonyl (C=O) groups is 1. The quantitative estimate of drug-likeness (QED) is 0.757. The largest absolute Gasteiger partial charge is 0.486 e. The van der Waals surface area contributed by atoms with E-state index < -0.39 is 0 Å². The standard InChI is InChI=1S/C21H21N3O3/c1-15-22-10-11-24(15)13-16-6-8-17(9-7-16)21(25)23-12-18-14-26-19-4-2-3-5-20(19)27-18/h2-11,18H,12-14H2,1H3,(H,23,25). The molecule has 1 atom stereocenters. The second-order valence-electron chi connectivity index (χ2n) is 6.51. The van der Waals surface area contributed by atoms with Crippen LogP contribution >= 0.6 is 0 Å². The summed E-state index contributed by atoms with van der Waals surface area (Å²) in [6.07, 6.45) is 3.53. The maximum absolute atomic E-state index is 12.4. The molecule has 0 saturated heterocycles. The van der Waals surface area contributed by atoms with Gasteiger partial charge in [0.05, 0.1) is 6.54 Å². The number of nitrogens with zero attached hydrogens (tertiary/aromatic N) is 2. The highest BCUT2D eigenvalue weighted by molar-refractivity contribution is 5.94. The van der Waals surface area contributed by atoms with Gasteiger partial charge in [0.15, 0.2) is 11.5 Å². The molecule has 1 aliphatic heterocycles. The molecule has 2 aromatic carbocycles. The van der Waals surface area contributed by atoms with Gasteiger partial charge in [-0.25, -0.2) is 4.98 Å². The molecule has 1 N–H and O–H groups in total. The van der Waals surface area contributed by atoms with E-state index in [4.69, 9.17) is 9.47 Å². The molecule has 1 aromatic heterocycles. The number of benzene rings is 2. The van der Waals surface area contributed by atoms with Crippen LogP contribution in [0.25, 0.3) is 0 Å². The molecule has 1 unspecified atom stereocenters. The van der Waals surface area contributed by atoms with Crippen LogP contribution in [-0.4, -0.2) is 34.7 Å². The van der Waals surface area contributed by atoms with Gasteiger partial charge in [0.2, 0.25) is 0 Å². The summed E-state index contributed by atoms with van der Waals surface area (Å²) in [6.45, 7) is 3.52. The van der Waals surface area contributed by atoms with E-state index in [1.165, 1.54) is 0 Å². The van der Waals surface area contributed by atoms with Crippen LogP contribution in [0.4, 0.5) is 0 Å². The number of ether oxygens (including phenoxy) is 2. The van der Waals surface area contributed by atoms with Crippen LogP contribution in [0.2, 0.25) is 0 Å². The van der Waals surface area contributed by atoms with Crippen LogP contribution in [0.15, 0.2) is 60.9 Å². The summed E-state index contributed by atoms with van der Waals surface area (Å²) in [5.74, 6) is 2.29. The first-order valence-corrected chi connectivity index (χ1v) is 8.92. The molecule has 0 fully saturated rings. The third-order valence-electron chi connectivity index (χ3n) is 4.55. The lowest BCUT2D eigenvalue weighted by Crippen LogP contribution is -2.40. The highest BCUT2D eigenvalue weighted by atomic mass is 16.6. The van der Waals surface area contributed by atoms with Crippen LogP contribution in [0.1, 0.15) is 21.7 Å². The highest BCUT2D eigenvalue weighted by Gasteiger charge is 2.21. The minimum atomic E-state index is -0.202. The van der Waals surface area contributed by atoms with E-state index in [1.54, 1.807) is 6.20 Å². The van der Waals surface area contributed by atoms with Crippen molar-refractivity contribution in [2.24, 2.45) is 0 Å². The molecule has 0 aliphatic carbocycles. The van der Waals surface area contributed by atoms with Gasteiger partial charge in [-0.15, -0.1) is 0 Å². The molecular weight excluding hydrogens is 342 g/mol. The van der Waals surface area contributed by atoms with Crippen LogP contribution in [0, 0.1) is 6.92 Å². The fourth-order valence-corrected chi connectivity index (χ4v) is 3.00. The number of hydrogen-bond donors (Lipinski definition) is 1. The lowest BCUT2D eigenvalue weighted by atomic mass is 10.1. The number of imidazole rings is 1. The molecule has 27 heavy (non-hydrogen) atoms. The van der Waals surface area contributed by atoms with Gasteiger partial charge >= 0.3 is 0 Å². The molecule has 1 aliphatic rings. The predicted molar refractivity (Wildman–Crippen MR) is 101 cm³/mol. The third kappa shape index (κ3) is 3.95. The first kappa shape index (κ1) is 17.1. The molecular formula is C21H21N3O3. The summed E-state index contributed by atoms with van der Waals surface area (Å²) in [5.41, 5.74) is 1.74. The average Bonchev–Trinajstić information content (AvgIpc) is 3.11. The van der Waals surface area contributed by atoms with Crippen molar-refractivity contribution in [3.05, 3.63) is 77.9 Å². The van der Waals surface area contributed by atoms with Crippen molar-refractivity contribution in [3.8, 4) is 11.5 Å². The Labute approximate surface area is 157 Å². The summed E-state index contributed by atoms with van der Waals surface area (Å²) < 4.78 is 13.6. The Bertz CT molecular complexity index is 934. The van der Waals surface area contributed by atoms with Gasteiger partial charge in [-0.1, -0.05) is 24.3 Å². The summed E-state index contributed by atoms with van der Waals surface area (Å²) in [4.78, 5) is 16.6. The number of para-hydroxylation sites is 2. The van der Waals surface area contributed by atoms with Gasteiger partial charge in [0.25, 0.3) is 5.91 Å². The van der Waals surface area contributed by atoms with Crippen molar-refractivity contribution in [1.29, 1.82) is 0 Å². The number of aryl methyl sites for hydroxylation is 1. The molecule has 0 spiro atoms. The Morgan fingerprint density at radius 3 is 2.70 bits per heavy atom. The lowest BCUT2D eigenvalue weighted by molar-refractivity contribution is 0.0789. The molecule has 3 aromatic rings. The maximum Gasteiger partial charge on any atom is 0.251 e. The zero-order valence-corrected chi connectivity index (χ0v) is 15.1. The Hall–Kier alpha value is -3.28. The zero-order chi connectivity index (χ0) is 18.6. The van der Waals surface area contributed by atoms with E-state index >= 15 is 0 Å². The molecule has 0 radical (unpaired) electrons. The van der Waals surface area contributed by atoms with Gasteiger partial charge in [-0.05, 0) is 36.8 Å². The molecule has 1 amide bonds. The molecule has 6 heteroatoms. The Morgan fingerprint density at radius 1 is 1.19 bits per heavy atom. The Balaban J connectivity index is 1.32. The fourth-order valence-electron chi connectivity index (χ4n) is 3.00. The second kappa shape index (κ2) is 7.53. The van der Waals surface area contributed by atoms with E-state index in [0.717, 1.165) is 23.7 Å². The van der Waals surface area contributed by atoms with Gasteiger partial charge in [0, 0.05) is 24.5 Å². The minimum Gasteiger partial charge on any atom is -0.486 e. The van der Waals surface area contributed by atoms with E-state index in [0.29, 0.717) is 24.5 Å². The van der Waals surface area contributed by atoms with Crippen molar-refractivity contribution in [2.45, 2.75) is 19.6 Å². The van der Waals surface area contributed by atoms with Crippen molar-refractivity contribution in [2.75, 3.05) is 13.2 Å². The number of rotatable bonds is 5. The lowest BCUT2D eigenvalue weighted by Gasteiger charge is -2.26. The van der Waals surface area contributed by atoms with Crippen molar-refractivity contribution in [1.82, 2.24) is 14.9 Å². The summed E-state index contributed by atoms with van der Waals surface area (Å²) in [5, 5.41) is 2.91. The maximum atomic E-state index is 12.4. The molecule has 2 heterocycles. The van der Waals surface area contributed by atoms with E-state index in [1.807, 2.05) is 61.7 Å². The number of nitrogens with one attached hydrogen (secondary N) is 1. The van der Waals surface area contributed by atoms with Crippen molar-refractivity contribution in [3.63, 3.8) is 0 Å². The normalized spacial score (nSPS) is 15.4. The topological polar surface area (TPSA) is 65.4 Å². The number of carbonyl (C=O) groups excluding carboxylic acids is 1. The van der Waals surface area contributed by atoms with Crippen LogP contribution < -0.4 is 14.8 Å². The van der Waals surface area contributed by atoms with E-state index in [2.05, 4.69) is 14.9 Å². The summed E-state index contributed by atoms with van der Waals surface area (Å²) in [6, 6.07) is 15.1. The van der Waals surface area contributed by atoms with Crippen LogP contribution in [-0.2, 0) is 6.54 Å². The third-order valence-corrected chi connectivity index (χ3v) is 4.55. The SMILES string of the molecule is Cc1nccn1Cc1ccc(C(=O)NCC2COc3ccccc3O2)cc1. The van der Waals surface area contributed by atoms with Gasteiger partial charge in [-0.3, -0.25) is 4.79 Å². The molecule has 0 saturated carbocycles. The molecule has 4 rings (SSSR count). The molecule has 6 nitrogen and oxygen atoms in total.